The highest BCUT2D eigenvalue weighted by atomic mass is 19.1. The number of carboxylic acid groups (broad SMARTS) is 1. The number of carboxylic acids is 1. The number of hydrogen-bond donors (Lipinski definition) is 2. The summed E-state index contributed by atoms with van der Waals surface area (Å²) in [5.41, 5.74) is 6.04. The number of halogens is 2. The third-order valence-corrected chi connectivity index (χ3v) is 3.59. The maximum atomic E-state index is 13.1. The van der Waals surface area contributed by atoms with Gasteiger partial charge in [0.25, 0.3) is 0 Å². The van der Waals surface area contributed by atoms with Gasteiger partial charge in [0, 0.05) is 12.6 Å². The van der Waals surface area contributed by atoms with Crippen LogP contribution < -0.4 is 5.73 Å². The van der Waals surface area contributed by atoms with E-state index < -0.39 is 23.5 Å². The fraction of sp³-hybridized carbons (Fsp3) is 0.533. The van der Waals surface area contributed by atoms with E-state index in [1.54, 1.807) is 0 Å². The number of aliphatic carboxylic acids is 1. The number of hydrogen-bond acceptors (Lipinski definition) is 2. The van der Waals surface area contributed by atoms with Gasteiger partial charge in [-0.2, -0.15) is 0 Å². The predicted molar refractivity (Wildman–Crippen MR) is 73.3 cm³/mol. The summed E-state index contributed by atoms with van der Waals surface area (Å²) in [6.45, 7) is 2.09. The van der Waals surface area contributed by atoms with Crippen LogP contribution in [-0.4, -0.2) is 17.6 Å². The minimum atomic E-state index is -0.886. The fourth-order valence-electron chi connectivity index (χ4n) is 2.31. The van der Waals surface area contributed by atoms with Gasteiger partial charge in [0.15, 0.2) is 0 Å². The van der Waals surface area contributed by atoms with Crippen molar-refractivity contribution in [1.29, 1.82) is 0 Å². The van der Waals surface area contributed by atoms with Crippen LogP contribution in [0.2, 0.25) is 0 Å². The molecule has 0 aliphatic heterocycles. The van der Waals surface area contributed by atoms with Crippen molar-refractivity contribution in [2.24, 2.45) is 17.6 Å². The van der Waals surface area contributed by atoms with Gasteiger partial charge in [0.2, 0.25) is 0 Å². The van der Waals surface area contributed by atoms with Crippen molar-refractivity contribution in [2.75, 3.05) is 6.54 Å². The number of nitrogens with two attached hydrogens (primary N) is 1. The first-order valence-corrected chi connectivity index (χ1v) is 6.84. The molecule has 1 rings (SSSR count). The van der Waals surface area contributed by atoms with E-state index >= 15 is 0 Å². The van der Waals surface area contributed by atoms with Crippen LogP contribution in [0.25, 0.3) is 0 Å². The van der Waals surface area contributed by atoms with Crippen molar-refractivity contribution < 1.29 is 18.7 Å². The van der Waals surface area contributed by atoms with E-state index in [1.807, 2.05) is 6.92 Å². The molecule has 3 N–H and O–H groups in total. The Morgan fingerprint density at radius 1 is 1.30 bits per heavy atom. The molecule has 3 nitrogen and oxygen atoms in total. The quantitative estimate of drug-likeness (QED) is 0.772. The van der Waals surface area contributed by atoms with Crippen molar-refractivity contribution in [2.45, 2.75) is 32.6 Å². The lowest BCUT2D eigenvalue weighted by Crippen LogP contribution is -2.26. The molecule has 2 atom stereocenters. The molecule has 0 amide bonds. The van der Waals surface area contributed by atoms with Crippen LogP contribution in [0.15, 0.2) is 18.2 Å². The minimum absolute atomic E-state index is 0.112. The van der Waals surface area contributed by atoms with Crippen LogP contribution in [-0.2, 0) is 11.2 Å². The molecule has 1 aromatic rings. The van der Waals surface area contributed by atoms with Gasteiger partial charge >= 0.3 is 5.97 Å². The van der Waals surface area contributed by atoms with Crippen molar-refractivity contribution in [3.05, 3.63) is 35.4 Å². The number of aryl methyl sites for hydroxylation is 1. The molecule has 0 aromatic heterocycles. The Hall–Kier alpha value is -1.49. The van der Waals surface area contributed by atoms with Crippen LogP contribution >= 0.6 is 0 Å². The summed E-state index contributed by atoms with van der Waals surface area (Å²) in [5.74, 6) is -2.42. The number of rotatable bonds is 8. The molecule has 0 aliphatic rings. The Morgan fingerprint density at radius 3 is 2.35 bits per heavy atom. The second kappa shape index (κ2) is 7.94. The SMILES string of the molecule is CCC(CCc1cc(F)cc(F)c1)CC(CN)C(=O)O. The van der Waals surface area contributed by atoms with Gasteiger partial charge < -0.3 is 10.8 Å². The van der Waals surface area contributed by atoms with Gasteiger partial charge in [-0.3, -0.25) is 4.79 Å². The first-order chi connectivity index (χ1) is 9.46. The smallest absolute Gasteiger partial charge is 0.307 e. The van der Waals surface area contributed by atoms with Gasteiger partial charge in [-0.15, -0.1) is 0 Å². The Kier molecular flexibility index (Phi) is 6.58. The average molecular weight is 285 g/mol. The highest BCUT2D eigenvalue weighted by Gasteiger charge is 2.20. The van der Waals surface area contributed by atoms with E-state index in [0.29, 0.717) is 24.8 Å². The Labute approximate surface area is 117 Å². The maximum absolute atomic E-state index is 13.1. The van der Waals surface area contributed by atoms with Gasteiger partial charge in [-0.25, -0.2) is 8.78 Å². The van der Waals surface area contributed by atoms with Crippen LogP contribution in [0.3, 0.4) is 0 Å². The van der Waals surface area contributed by atoms with Crippen molar-refractivity contribution >= 4 is 5.97 Å². The standard InChI is InChI=1S/C15H21F2NO2/c1-2-10(5-12(9-18)15(19)20)3-4-11-6-13(16)8-14(17)7-11/h6-8,10,12H,2-5,9,18H2,1H3,(H,19,20). The van der Waals surface area contributed by atoms with Gasteiger partial charge in [-0.1, -0.05) is 13.3 Å². The second-order valence-electron chi connectivity index (χ2n) is 5.10. The highest BCUT2D eigenvalue weighted by Crippen LogP contribution is 2.22. The zero-order valence-corrected chi connectivity index (χ0v) is 11.6. The normalized spacial score (nSPS) is 14.0. The molecule has 0 bridgehead atoms. The predicted octanol–water partition coefficient (Wildman–Crippen LogP) is 2.97. The maximum Gasteiger partial charge on any atom is 0.307 e. The monoisotopic (exact) mass is 285 g/mol. The van der Waals surface area contributed by atoms with Crippen molar-refractivity contribution in [1.82, 2.24) is 0 Å². The van der Waals surface area contributed by atoms with E-state index in [0.717, 1.165) is 12.5 Å². The first-order valence-electron chi connectivity index (χ1n) is 6.84. The zero-order valence-electron chi connectivity index (χ0n) is 11.6. The number of benzene rings is 1. The second-order valence-corrected chi connectivity index (χ2v) is 5.10. The average Bonchev–Trinajstić information content (AvgIpc) is 2.37. The molecule has 0 radical (unpaired) electrons. The minimum Gasteiger partial charge on any atom is -0.481 e. The van der Waals surface area contributed by atoms with Crippen molar-refractivity contribution in [3.63, 3.8) is 0 Å². The molecular weight excluding hydrogens is 264 g/mol. The zero-order chi connectivity index (χ0) is 15.1. The molecule has 1 aromatic carbocycles. The third kappa shape index (κ3) is 5.25. The van der Waals surface area contributed by atoms with E-state index in [9.17, 15) is 13.6 Å². The van der Waals surface area contributed by atoms with Gasteiger partial charge in [0.05, 0.1) is 5.92 Å². The molecule has 112 valence electrons. The lowest BCUT2D eigenvalue weighted by molar-refractivity contribution is -0.142. The van der Waals surface area contributed by atoms with E-state index in [1.165, 1.54) is 12.1 Å². The summed E-state index contributed by atoms with van der Waals surface area (Å²) in [4.78, 5) is 11.0. The molecule has 0 spiro atoms. The van der Waals surface area contributed by atoms with Crippen LogP contribution in [0, 0.1) is 23.5 Å². The molecule has 0 fully saturated rings. The Balaban J connectivity index is 2.58. The molecular formula is C15H21F2NO2. The van der Waals surface area contributed by atoms with Gasteiger partial charge in [-0.05, 0) is 42.9 Å². The molecule has 5 heteroatoms. The third-order valence-electron chi connectivity index (χ3n) is 3.59. The lowest BCUT2D eigenvalue weighted by atomic mass is 9.88. The Bertz CT molecular complexity index is 431. The summed E-state index contributed by atoms with van der Waals surface area (Å²) in [7, 11) is 0. The summed E-state index contributed by atoms with van der Waals surface area (Å²) < 4.78 is 26.1. The van der Waals surface area contributed by atoms with Crippen LogP contribution in [0.1, 0.15) is 31.7 Å². The topological polar surface area (TPSA) is 63.3 Å². The van der Waals surface area contributed by atoms with Crippen molar-refractivity contribution in [3.8, 4) is 0 Å². The summed E-state index contributed by atoms with van der Waals surface area (Å²) in [6.07, 6.45) is 2.55. The van der Waals surface area contributed by atoms with Crippen LogP contribution in [0.5, 0.6) is 0 Å². The van der Waals surface area contributed by atoms with E-state index in [2.05, 4.69) is 0 Å². The molecule has 2 unspecified atom stereocenters. The van der Waals surface area contributed by atoms with E-state index in [4.69, 9.17) is 10.8 Å². The Morgan fingerprint density at radius 2 is 1.90 bits per heavy atom. The molecule has 0 heterocycles. The molecule has 0 saturated heterocycles. The first kappa shape index (κ1) is 16.6. The number of carbonyl (C=O) groups is 1. The molecule has 20 heavy (non-hydrogen) atoms. The highest BCUT2D eigenvalue weighted by molar-refractivity contribution is 5.70. The summed E-state index contributed by atoms with van der Waals surface area (Å²) in [6, 6.07) is 3.47. The lowest BCUT2D eigenvalue weighted by Gasteiger charge is -2.18. The van der Waals surface area contributed by atoms with Gasteiger partial charge in [0.1, 0.15) is 11.6 Å². The fourth-order valence-corrected chi connectivity index (χ4v) is 2.31. The summed E-state index contributed by atoms with van der Waals surface area (Å²) >= 11 is 0. The molecule has 0 aliphatic carbocycles. The van der Waals surface area contributed by atoms with Crippen LogP contribution in [0.4, 0.5) is 8.78 Å². The largest absolute Gasteiger partial charge is 0.481 e. The molecule has 0 saturated carbocycles. The van der Waals surface area contributed by atoms with E-state index in [-0.39, 0.29) is 12.5 Å². The summed E-state index contributed by atoms with van der Waals surface area (Å²) in [5, 5.41) is 9.00.